The Bertz CT molecular complexity index is 258. The molecule has 0 radical (unpaired) electrons. The Morgan fingerprint density at radius 1 is 1.33 bits per heavy atom. The number of hydrogen-bond acceptors (Lipinski definition) is 2. The fourth-order valence-electron chi connectivity index (χ4n) is 0.693. The van der Waals surface area contributed by atoms with E-state index in [1.165, 1.54) is 6.42 Å². The molecule has 0 amide bonds. The summed E-state index contributed by atoms with van der Waals surface area (Å²) in [6.45, 7) is 14.1. The second-order valence-electron chi connectivity index (χ2n) is 3.07. The van der Waals surface area contributed by atoms with Crippen molar-refractivity contribution in [2.75, 3.05) is 0 Å². The number of aromatic nitrogens is 2. The van der Waals surface area contributed by atoms with Crippen LogP contribution >= 0.6 is 0 Å². The second-order valence-corrected chi connectivity index (χ2v) is 3.07. The zero-order valence-electron chi connectivity index (χ0n) is 11.2. The van der Waals surface area contributed by atoms with Crippen LogP contribution < -0.4 is 0 Å². The number of rotatable bonds is 1. The molecule has 1 rings (SSSR count). The van der Waals surface area contributed by atoms with Gasteiger partial charge in [-0.05, 0) is 20.8 Å². The van der Waals surface area contributed by atoms with E-state index in [-0.39, 0.29) is 0 Å². The van der Waals surface area contributed by atoms with Gasteiger partial charge in [0.15, 0.2) is 0 Å². The van der Waals surface area contributed by atoms with Crippen molar-refractivity contribution in [3.8, 4) is 0 Å². The van der Waals surface area contributed by atoms with Crippen LogP contribution in [0.4, 0.5) is 0 Å². The maximum absolute atomic E-state index is 4.19. The molecular formula is C12H25N3. The molecule has 0 aliphatic carbocycles. The quantitative estimate of drug-likeness (QED) is 0.648. The molecule has 0 saturated heterocycles. The summed E-state index contributed by atoms with van der Waals surface area (Å²) < 4.78 is 1.76. The molecule has 3 heteroatoms. The van der Waals surface area contributed by atoms with Crippen molar-refractivity contribution in [3.63, 3.8) is 0 Å². The molecule has 0 bridgehead atoms. The van der Waals surface area contributed by atoms with E-state index in [1.54, 1.807) is 10.9 Å². The Hall–Kier alpha value is -1.12. The van der Waals surface area contributed by atoms with Crippen LogP contribution in [-0.4, -0.2) is 15.4 Å². The van der Waals surface area contributed by atoms with Gasteiger partial charge in [0.1, 0.15) is 5.82 Å². The number of hydrogen-bond donors (Lipinski definition) is 0. The average Bonchev–Trinajstić information content (AvgIpc) is 2.56. The fourth-order valence-corrected chi connectivity index (χ4v) is 0.693. The summed E-state index contributed by atoms with van der Waals surface area (Å²) in [6.07, 6.45) is 4.82. The van der Waals surface area contributed by atoms with E-state index >= 15 is 0 Å². The van der Waals surface area contributed by atoms with Crippen molar-refractivity contribution >= 4 is 5.71 Å². The minimum atomic E-state index is 0.918. The minimum Gasteiger partial charge on any atom is -0.240 e. The van der Waals surface area contributed by atoms with Crippen molar-refractivity contribution in [3.05, 3.63) is 18.2 Å². The summed E-state index contributed by atoms with van der Waals surface area (Å²) >= 11 is 0. The van der Waals surface area contributed by atoms with Gasteiger partial charge in [-0.2, -0.15) is 5.10 Å². The molecule has 0 fully saturated rings. The molecule has 15 heavy (non-hydrogen) atoms. The minimum absolute atomic E-state index is 0.918. The SMILES string of the molecule is CC.CC(C)=Nn1ccnc1C.CCC. The molecule has 0 unspecified atom stereocenters. The molecule has 1 aromatic heterocycles. The molecule has 0 aromatic carbocycles. The van der Waals surface area contributed by atoms with E-state index in [1.807, 2.05) is 40.8 Å². The van der Waals surface area contributed by atoms with Crippen molar-refractivity contribution in [1.82, 2.24) is 9.66 Å². The van der Waals surface area contributed by atoms with Gasteiger partial charge in [-0.3, -0.25) is 0 Å². The predicted octanol–water partition coefficient (Wildman–Crippen LogP) is 3.88. The Morgan fingerprint density at radius 3 is 2.07 bits per heavy atom. The predicted molar refractivity (Wildman–Crippen MR) is 68.5 cm³/mol. The molecule has 0 aliphatic heterocycles. The van der Waals surface area contributed by atoms with Crippen LogP contribution in [0.3, 0.4) is 0 Å². The molecule has 88 valence electrons. The second kappa shape index (κ2) is 11.0. The maximum Gasteiger partial charge on any atom is 0.126 e. The summed E-state index contributed by atoms with van der Waals surface area (Å²) in [5.74, 6) is 0.918. The van der Waals surface area contributed by atoms with Crippen LogP contribution in [0.15, 0.2) is 17.5 Å². The van der Waals surface area contributed by atoms with Gasteiger partial charge in [-0.15, -0.1) is 0 Å². The molecule has 3 nitrogen and oxygen atoms in total. The van der Waals surface area contributed by atoms with E-state index in [4.69, 9.17) is 0 Å². The fraction of sp³-hybridized carbons (Fsp3) is 0.667. The summed E-state index contributed by atoms with van der Waals surface area (Å²) in [5, 5.41) is 4.19. The van der Waals surface area contributed by atoms with Crippen LogP contribution in [0.25, 0.3) is 0 Å². The molecule has 0 atom stereocenters. The lowest BCUT2D eigenvalue weighted by Gasteiger charge is -1.94. The number of nitrogens with zero attached hydrogens (tertiary/aromatic N) is 3. The summed E-state index contributed by atoms with van der Waals surface area (Å²) in [4.78, 5) is 4.03. The Labute approximate surface area is 94.2 Å². The highest BCUT2D eigenvalue weighted by Crippen LogP contribution is 1.93. The van der Waals surface area contributed by atoms with E-state index in [2.05, 4.69) is 23.9 Å². The lowest BCUT2D eigenvalue weighted by atomic mass is 10.5. The molecular weight excluding hydrogens is 186 g/mol. The van der Waals surface area contributed by atoms with Crippen LogP contribution in [0.2, 0.25) is 0 Å². The third-order valence-electron chi connectivity index (χ3n) is 1.11. The largest absolute Gasteiger partial charge is 0.240 e. The normalized spacial score (nSPS) is 7.93. The molecule has 1 aromatic rings. The van der Waals surface area contributed by atoms with Gasteiger partial charge in [-0.1, -0.05) is 34.1 Å². The van der Waals surface area contributed by atoms with Crippen LogP contribution in [0, 0.1) is 6.92 Å². The molecule has 0 spiro atoms. The third-order valence-corrected chi connectivity index (χ3v) is 1.11. The molecule has 1 heterocycles. The van der Waals surface area contributed by atoms with Crippen LogP contribution in [0.1, 0.15) is 53.8 Å². The van der Waals surface area contributed by atoms with Gasteiger partial charge in [0.25, 0.3) is 0 Å². The highest BCUT2D eigenvalue weighted by atomic mass is 15.4. The van der Waals surface area contributed by atoms with E-state index < -0.39 is 0 Å². The smallest absolute Gasteiger partial charge is 0.126 e. The summed E-state index contributed by atoms with van der Waals surface area (Å²) in [5.41, 5.74) is 1.03. The first kappa shape index (κ1) is 16.3. The highest BCUT2D eigenvalue weighted by Gasteiger charge is 1.90. The standard InChI is InChI=1S/C7H11N3.C3H8.C2H6/c1-6(2)9-10-5-4-8-7(10)3;1-3-2;1-2/h4-5H,1-3H3;3H2,1-2H3;1-2H3. The monoisotopic (exact) mass is 211 g/mol. The lowest BCUT2D eigenvalue weighted by molar-refractivity contribution is 0.824. The van der Waals surface area contributed by atoms with Crippen molar-refractivity contribution in [2.24, 2.45) is 5.10 Å². The first-order chi connectivity index (χ1) is 7.11. The molecule has 0 aliphatic rings. The van der Waals surface area contributed by atoms with Crippen molar-refractivity contribution in [2.45, 2.75) is 54.9 Å². The third kappa shape index (κ3) is 9.19. The van der Waals surface area contributed by atoms with Gasteiger partial charge in [-0.25, -0.2) is 9.66 Å². The van der Waals surface area contributed by atoms with Gasteiger partial charge in [0.2, 0.25) is 0 Å². The number of imidazole rings is 1. The van der Waals surface area contributed by atoms with Crippen LogP contribution in [0.5, 0.6) is 0 Å². The first-order valence-corrected chi connectivity index (χ1v) is 5.63. The lowest BCUT2D eigenvalue weighted by Crippen LogP contribution is -1.93. The average molecular weight is 211 g/mol. The van der Waals surface area contributed by atoms with Gasteiger partial charge in [0, 0.05) is 18.1 Å². The van der Waals surface area contributed by atoms with Crippen LogP contribution in [-0.2, 0) is 0 Å². The Morgan fingerprint density at radius 2 is 1.80 bits per heavy atom. The van der Waals surface area contributed by atoms with E-state index in [0.717, 1.165) is 11.5 Å². The zero-order valence-corrected chi connectivity index (χ0v) is 11.2. The molecule has 0 saturated carbocycles. The molecule has 0 N–H and O–H groups in total. The van der Waals surface area contributed by atoms with Crippen molar-refractivity contribution in [1.29, 1.82) is 0 Å². The van der Waals surface area contributed by atoms with Gasteiger partial charge < -0.3 is 0 Å². The van der Waals surface area contributed by atoms with E-state index in [9.17, 15) is 0 Å². The van der Waals surface area contributed by atoms with Gasteiger partial charge >= 0.3 is 0 Å². The summed E-state index contributed by atoms with van der Waals surface area (Å²) in [6, 6.07) is 0. The van der Waals surface area contributed by atoms with Crippen molar-refractivity contribution < 1.29 is 0 Å². The topological polar surface area (TPSA) is 30.2 Å². The zero-order chi connectivity index (χ0) is 12.3. The number of aryl methyl sites for hydroxylation is 1. The van der Waals surface area contributed by atoms with E-state index in [0.29, 0.717) is 0 Å². The summed E-state index contributed by atoms with van der Waals surface area (Å²) in [7, 11) is 0. The highest BCUT2D eigenvalue weighted by molar-refractivity contribution is 5.78. The van der Waals surface area contributed by atoms with Gasteiger partial charge in [0.05, 0.1) is 0 Å². The first-order valence-electron chi connectivity index (χ1n) is 5.63. The Kier molecular flexibility index (Phi) is 11.9. The Balaban J connectivity index is 0. The maximum atomic E-state index is 4.19.